The van der Waals surface area contributed by atoms with Crippen LogP contribution in [0.25, 0.3) is 0 Å². The summed E-state index contributed by atoms with van der Waals surface area (Å²) in [6, 6.07) is 0. The second-order valence-corrected chi connectivity index (χ2v) is 4.73. The maximum absolute atomic E-state index is 3.89. The lowest BCUT2D eigenvalue weighted by molar-refractivity contribution is 1.00. The quantitative estimate of drug-likeness (QED) is 0.737. The van der Waals surface area contributed by atoms with Gasteiger partial charge in [-0.25, -0.2) is 0 Å². The first-order chi connectivity index (χ1) is 6.74. The Kier molecular flexibility index (Phi) is 2.55. The smallest absolute Gasteiger partial charge is 0.142 e. The Bertz CT molecular complexity index is 416. The molecule has 2 rings (SSSR count). The Hall–Kier alpha value is -1.28. The molecular formula is C6H6N6S2. The fraction of sp³-hybridized carbons (Fsp3) is 0.333. The molecular weight excluding hydrogens is 220 g/mol. The van der Waals surface area contributed by atoms with Gasteiger partial charge >= 0.3 is 0 Å². The van der Waals surface area contributed by atoms with Gasteiger partial charge in [0, 0.05) is 0 Å². The molecule has 0 unspecified atom stereocenters. The van der Waals surface area contributed by atoms with Crippen LogP contribution in [0.3, 0.4) is 0 Å². The van der Waals surface area contributed by atoms with Crippen LogP contribution in [-0.4, -0.2) is 20.4 Å². The highest BCUT2D eigenvalue weighted by molar-refractivity contribution is 7.15. The largest absolute Gasteiger partial charge is 0.251 e. The van der Waals surface area contributed by atoms with E-state index in [4.69, 9.17) is 0 Å². The van der Waals surface area contributed by atoms with Crippen LogP contribution >= 0.6 is 22.7 Å². The number of azo groups is 1. The van der Waals surface area contributed by atoms with Crippen molar-refractivity contribution >= 4 is 32.9 Å². The molecule has 2 aromatic rings. The molecule has 0 bridgehead atoms. The average Bonchev–Trinajstić information content (AvgIpc) is 2.72. The highest BCUT2D eigenvalue weighted by atomic mass is 32.1. The van der Waals surface area contributed by atoms with E-state index in [2.05, 4.69) is 30.6 Å². The third kappa shape index (κ3) is 2.15. The van der Waals surface area contributed by atoms with E-state index in [1.165, 1.54) is 22.7 Å². The van der Waals surface area contributed by atoms with Crippen LogP contribution in [0.15, 0.2) is 10.2 Å². The lowest BCUT2D eigenvalue weighted by Gasteiger charge is -1.77. The van der Waals surface area contributed by atoms with Crippen LogP contribution in [0.4, 0.5) is 10.3 Å². The zero-order chi connectivity index (χ0) is 9.97. The average molecular weight is 226 g/mol. The van der Waals surface area contributed by atoms with Crippen molar-refractivity contribution < 1.29 is 0 Å². The van der Waals surface area contributed by atoms with Gasteiger partial charge in [0.15, 0.2) is 0 Å². The third-order valence-electron chi connectivity index (χ3n) is 1.25. The van der Waals surface area contributed by atoms with E-state index in [0.29, 0.717) is 10.3 Å². The van der Waals surface area contributed by atoms with Crippen LogP contribution < -0.4 is 0 Å². The van der Waals surface area contributed by atoms with Crippen LogP contribution in [0, 0.1) is 13.8 Å². The number of aromatic nitrogens is 4. The number of hydrogen-bond donors (Lipinski definition) is 0. The third-order valence-corrected chi connectivity index (χ3v) is 2.70. The summed E-state index contributed by atoms with van der Waals surface area (Å²) in [5.74, 6) is 0. The van der Waals surface area contributed by atoms with Crippen molar-refractivity contribution in [1.82, 2.24) is 20.4 Å². The molecule has 0 N–H and O–H groups in total. The molecule has 2 aromatic heterocycles. The molecule has 0 aliphatic heterocycles. The van der Waals surface area contributed by atoms with Gasteiger partial charge < -0.3 is 0 Å². The van der Waals surface area contributed by atoms with Crippen LogP contribution in [0.5, 0.6) is 0 Å². The van der Waals surface area contributed by atoms with Crippen molar-refractivity contribution in [2.24, 2.45) is 10.2 Å². The zero-order valence-corrected chi connectivity index (χ0v) is 9.13. The monoisotopic (exact) mass is 226 g/mol. The van der Waals surface area contributed by atoms with Crippen molar-refractivity contribution in [3.63, 3.8) is 0 Å². The van der Waals surface area contributed by atoms with Crippen LogP contribution in [0.1, 0.15) is 10.0 Å². The Balaban J connectivity index is 2.14. The normalized spacial score (nSPS) is 11.3. The molecule has 0 fully saturated rings. The van der Waals surface area contributed by atoms with Gasteiger partial charge in [0.2, 0.25) is 0 Å². The molecule has 0 aliphatic rings. The molecule has 8 heteroatoms. The topological polar surface area (TPSA) is 76.3 Å². The molecule has 0 atom stereocenters. The van der Waals surface area contributed by atoms with Gasteiger partial charge in [0.25, 0.3) is 10.3 Å². The molecule has 72 valence electrons. The standard InChI is InChI=1S/C6H6N6S2/c1-3-7-9-5(13-3)11-12-6-10-8-4(2)14-6/h1-2H3/b12-11+. The molecule has 6 nitrogen and oxygen atoms in total. The minimum Gasteiger partial charge on any atom is -0.142 e. The van der Waals surface area contributed by atoms with E-state index in [1.54, 1.807) is 0 Å². The fourth-order valence-corrected chi connectivity index (χ4v) is 1.76. The predicted octanol–water partition coefficient (Wildman–Crippen LogP) is 2.42. The maximum atomic E-state index is 3.89. The van der Waals surface area contributed by atoms with Gasteiger partial charge in [-0.1, -0.05) is 22.7 Å². The summed E-state index contributed by atoms with van der Waals surface area (Å²) in [4.78, 5) is 0. The van der Waals surface area contributed by atoms with Gasteiger partial charge in [-0.3, -0.25) is 0 Å². The summed E-state index contributed by atoms with van der Waals surface area (Å²) >= 11 is 2.78. The van der Waals surface area contributed by atoms with Gasteiger partial charge in [-0.05, 0) is 13.8 Å². The summed E-state index contributed by atoms with van der Waals surface area (Å²) in [5.41, 5.74) is 0. The molecule has 0 saturated heterocycles. The first kappa shape index (κ1) is 9.28. The van der Waals surface area contributed by atoms with E-state index in [1.807, 2.05) is 13.8 Å². The van der Waals surface area contributed by atoms with Crippen LogP contribution in [0.2, 0.25) is 0 Å². The molecule has 0 saturated carbocycles. The molecule has 14 heavy (non-hydrogen) atoms. The SMILES string of the molecule is Cc1nnc(/N=N/c2nnc(C)s2)s1. The van der Waals surface area contributed by atoms with Crippen molar-refractivity contribution in [2.45, 2.75) is 13.8 Å². The first-order valence-corrected chi connectivity index (χ1v) is 5.39. The number of nitrogens with zero attached hydrogens (tertiary/aromatic N) is 6. The van der Waals surface area contributed by atoms with E-state index >= 15 is 0 Å². The Morgan fingerprint density at radius 1 is 0.786 bits per heavy atom. The Morgan fingerprint density at radius 3 is 1.50 bits per heavy atom. The van der Waals surface area contributed by atoms with Gasteiger partial charge in [0.05, 0.1) is 0 Å². The molecule has 0 radical (unpaired) electrons. The number of aryl methyl sites for hydroxylation is 2. The summed E-state index contributed by atoms with van der Waals surface area (Å²) in [7, 11) is 0. The van der Waals surface area contributed by atoms with Crippen LogP contribution in [-0.2, 0) is 0 Å². The number of rotatable bonds is 2. The molecule has 0 aliphatic carbocycles. The second-order valence-electron chi connectivity index (χ2n) is 2.41. The second kappa shape index (κ2) is 3.84. The number of hydrogen-bond acceptors (Lipinski definition) is 8. The van der Waals surface area contributed by atoms with Crippen molar-refractivity contribution in [2.75, 3.05) is 0 Å². The van der Waals surface area contributed by atoms with Gasteiger partial charge in [0.1, 0.15) is 10.0 Å². The van der Waals surface area contributed by atoms with Crippen molar-refractivity contribution in [1.29, 1.82) is 0 Å². The molecule has 0 amide bonds. The molecule has 2 heterocycles. The summed E-state index contributed by atoms with van der Waals surface area (Å²) in [5, 5.41) is 25.8. The van der Waals surface area contributed by atoms with E-state index in [-0.39, 0.29) is 0 Å². The summed E-state index contributed by atoms with van der Waals surface area (Å²) in [6.45, 7) is 3.73. The Labute approximate surface area is 87.8 Å². The highest BCUT2D eigenvalue weighted by Crippen LogP contribution is 2.23. The first-order valence-electron chi connectivity index (χ1n) is 3.76. The minimum atomic E-state index is 0.537. The molecule has 0 aromatic carbocycles. The Morgan fingerprint density at radius 2 is 1.21 bits per heavy atom. The van der Waals surface area contributed by atoms with Crippen molar-refractivity contribution in [3.8, 4) is 0 Å². The fourth-order valence-electron chi connectivity index (χ4n) is 0.739. The van der Waals surface area contributed by atoms with Gasteiger partial charge in [-0.2, -0.15) is 0 Å². The predicted molar refractivity (Wildman–Crippen MR) is 53.5 cm³/mol. The minimum absolute atomic E-state index is 0.537. The summed E-state index contributed by atoms with van der Waals surface area (Å²) in [6.07, 6.45) is 0. The molecule has 0 spiro atoms. The van der Waals surface area contributed by atoms with E-state index < -0.39 is 0 Å². The van der Waals surface area contributed by atoms with Crippen molar-refractivity contribution in [3.05, 3.63) is 10.0 Å². The van der Waals surface area contributed by atoms with Gasteiger partial charge in [-0.15, -0.1) is 30.6 Å². The highest BCUT2D eigenvalue weighted by Gasteiger charge is 2.00. The maximum Gasteiger partial charge on any atom is 0.251 e. The van der Waals surface area contributed by atoms with E-state index in [0.717, 1.165) is 10.0 Å². The zero-order valence-electron chi connectivity index (χ0n) is 7.50. The summed E-state index contributed by atoms with van der Waals surface area (Å²) < 4.78 is 0. The lowest BCUT2D eigenvalue weighted by atomic mass is 10.9. The van der Waals surface area contributed by atoms with E-state index in [9.17, 15) is 0 Å². The lowest BCUT2D eigenvalue weighted by Crippen LogP contribution is -1.67.